The van der Waals surface area contributed by atoms with Gasteiger partial charge < -0.3 is 10.2 Å². The minimum absolute atomic E-state index is 0.0135. The lowest BCUT2D eigenvalue weighted by molar-refractivity contribution is 0.195. The SMILES string of the molecule is CC1CN(C(=O)NCC2CCc3ccccc32)CCS(=O)(=O)C1. The van der Waals surface area contributed by atoms with Crippen molar-refractivity contribution >= 4 is 15.9 Å². The summed E-state index contributed by atoms with van der Waals surface area (Å²) in [6, 6.07) is 8.25. The summed E-state index contributed by atoms with van der Waals surface area (Å²) in [5.74, 6) is 0.591. The maximum Gasteiger partial charge on any atom is 0.317 e. The highest BCUT2D eigenvalue weighted by Gasteiger charge is 2.28. The Morgan fingerprint density at radius 3 is 2.96 bits per heavy atom. The summed E-state index contributed by atoms with van der Waals surface area (Å²) in [4.78, 5) is 14.0. The molecule has 0 spiro atoms. The molecule has 1 saturated heterocycles. The van der Waals surface area contributed by atoms with Crippen LogP contribution in [-0.2, 0) is 16.3 Å². The van der Waals surface area contributed by atoms with Gasteiger partial charge in [0.15, 0.2) is 9.84 Å². The van der Waals surface area contributed by atoms with Gasteiger partial charge in [0.2, 0.25) is 0 Å². The number of hydrogen-bond acceptors (Lipinski definition) is 3. The Morgan fingerprint density at radius 2 is 2.13 bits per heavy atom. The van der Waals surface area contributed by atoms with E-state index >= 15 is 0 Å². The normalized spacial score (nSPS) is 26.4. The quantitative estimate of drug-likeness (QED) is 0.895. The maximum atomic E-state index is 12.4. The maximum absolute atomic E-state index is 12.4. The van der Waals surface area contributed by atoms with Crippen molar-refractivity contribution in [3.63, 3.8) is 0 Å². The second kappa shape index (κ2) is 6.51. The summed E-state index contributed by atoms with van der Waals surface area (Å²) in [6.45, 7) is 3.30. The molecule has 6 heteroatoms. The van der Waals surface area contributed by atoms with Crippen LogP contribution in [0, 0.1) is 5.92 Å². The van der Waals surface area contributed by atoms with Crippen molar-refractivity contribution in [1.29, 1.82) is 0 Å². The molecule has 2 aliphatic rings. The average molecular weight is 336 g/mol. The van der Waals surface area contributed by atoms with E-state index in [1.165, 1.54) is 11.1 Å². The number of nitrogens with one attached hydrogen (secondary N) is 1. The minimum atomic E-state index is -3.03. The van der Waals surface area contributed by atoms with Crippen LogP contribution in [0.4, 0.5) is 4.79 Å². The molecule has 1 aliphatic heterocycles. The fraction of sp³-hybridized carbons (Fsp3) is 0.588. The van der Waals surface area contributed by atoms with E-state index in [4.69, 9.17) is 0 Å². The summed E-state index contributed by atoms with van der Waals surface area (Å²) in [6.07, 6.45) is 2.13. The van der Waals surface area contributed by atoms with Crippen LogP contribution in [0.2, 0.25) is 0 Å². The van der Waals surface area contributed by atoms with Crippen molar-refractivity contribution in [2.24, 2.45) is 5.92 Å². The molecule has 1 aliphatic carbocycles. The molecule has 23 heavy (non-hydrogen) atoms. The monoisotopic (exact) mass is 336 g/mol. The Labute approximate surface area is 138 Å². The molecular formula is C17H24N2O3S. The number of nitrogens with zero attached hydrogens (tertiary/aromatic N) is 1. The number of amides is 2. The predicted octanol–water partition coefficient (Wildman–Crippen LogP) is 1.79. The first-order chi connectivity index (χ1) is 10.9. The third kappa shape index (κ3) is 3.86. The Morgan fingerprint density at radius 1 is 1.35 bits per heavy atom. The molecule has 0 radical (unpaired) electrons. The van der Waals surface area contributed by atoms with Crippen molar-refractivity contribution in [2.75, 3.05) is 31.1 Å². The molecular weight excluding hydrogens is 312 g/mol. The molecule has 0 aromatic heterocycles. The number of benzene rings is 1. The smallest absolute Gasteiger partial charge is 0.317 e. The third-order valence-corrected chi connectivity index (χ3v) is 6.67. The number of hydrogen-bond donors (Lipinski definition) is 1. The molecule has 2 unspecified atom stereocenters. The van der Waals surface area contributed by atoms with Gasteiger partial charge in [0.1, 0.15) is 0 Å². The number of fused-ring (bicyclic) bond motifs is 1. The van der Waals surface area contributed by atoms with E-state index < -0.39 is 9.84 Å². The Hall–Kier alpha value is -1.56. The molecule has 1 N–H and O–H groups in total. The average Bonchev–Trinajstić information content (AvgIpc) is 2.85. The molecule has 0 saturated carbocycles. The predicted molar refractivity (Wildman–Crippen MR) is 90.3 cm³/mol. The molecule has 2 amide bonds. The molecule has 126 valence electrons. The van der Waals surface area contributed by atoms with Gasteiger partial charge in [-0.3, -0.25) is 0 Å². The third-order valence-electron chi connectivity index (χ3n) is 4.79. The van der Waals surface area contributed by atoms with Crippen LogP contribution in [0.1, 0.15) is 30.4 Å². The van der Waals surface area contributed by atoms with Crippen molar-refractivity contribution < 1.29 is 13.2 Å². The van der Waals surface area contributed by atoms with Crippen LogP contribution in [0.15, 0.2) is 24.3 Å². The highest BCUT2D eigenvalue weighted by molar-refractivity contribution is 7.91. The second-order valence-corrected chi connectivity index (χ2v) is 9.01. The zero-order valence-corrected chi connectivity index (χ0v) is 14.3. The molecule has 1 fully saturated rings. The van der Waals surface area contributed by atoms with Crippen LogP contribution in [0.25, 0.3) is 0 Å². The molecule has 0 bridgehead atoms. The van der Waals surface area contributed by atoms with E-state index in [-0.39, 0.29) is 23.5 Å². The van der Waals surface area contributed by atoms with E-state index in [2.05, 4.69) is 23.5 Å². The Balaban J connectivity index is 1.58. The van der Waals surface area contributed by atoms with Crippen molar-refractivity contribution in [3.05, 3.63) is 35.4 Å². The lowest BCUT2D eigenvalue weighted by Crippen LogP contribution is -2.43. The first-order valence-electron chi connectivity index (χ1n) is 8.25. The summed E-state index contributed by atoms with van der Waals surface area (Å²) < 4.78 is 23.6. The second-order valence-electron chi connectivity index (χ2n) is 6.79. The largest absolute Gasteiger partial charge is 0.337 e. The summed E-state index contributed by atoms with van der Waals surface area (Å²) >= 11 is 0. The molecule has 5 nitrogen and oxygen atoms in total. The van der Waals surface area contributed by atoms with Gasteiger partial charge >= 0.3 is 6.03 Å². The lowest BCUT2D eigenvalue weighted by atomic mass is 10.0. The number of sulfone groups is 1. The van der Waals surface area contributed by atoms with Gasteiger partial charge in [-0.25, -0.2) is 13.2 Å². The van der Waals surface area contributed by atoms with Crippen LogP contribution in [0.3, 0.4) is 0 Å². The fourth-order valence-corrected chi connectivity index (χ4v) is 5.29. The first kappa shape index (κ1) is 16.3. The first-order valence-corrected chi connectivity index (χ1v) is 10.1. The van der Waals surface area contributed by atoms with Gasteiger partial charge in [0, 0.05) is 25.6 Å². The van der Waals surface area contributed by atoms with E-state index in [1.54, 1.807) is 4.90 Å². The van der Waals surface area contributed by atoms with Crippen LogP contribution < -0.4 is 5.32 Å². The van der Waals surface area contributed by atoms with Gasteiger partial charge in [0.05, 0.1) is 11.5 Å². The zero-order chi connectivity index (χ0) is 16.4. The highest BCUT2D eigenvalue weighted by atomic mass is 32.2. The topological polar surface area (TPSA) is 66.5 Å². The number of rotatable bonds is 2. The molecule has 3 rings (SSSR count). The number of carbonyl (C=O) groups excluding carboxylic acids is 1. The molecule has 1 aromatic rings. The molecule has 1 aromatic carbocycles. The van der Waals surface area contributed by atoms with E-state index in [1.807, 2.05) is 13.0 Å². The summed E-state index contributed by atoms with van der Waals surface area (Å²) in [7, 11) is -3.03. The fourth-order valence-electron chi connectivity index (χ4n) is 3.65. The van der Waals surface area contributed by atoms with E-state index in [9.17, 15) is 13.2 Å². The van der Waals surface area contributed by atoms with Gasteiger partial charge in [-0.05, 0) is 29.9 Å². The van der Waals surface area contributed by atoms with Crippen molar-refractivity contribution in [3.8, 4) is 0 Å². The van der Waals surface area contributed by atoms with E-state index in [0.717, 1.165) is 12.8 Å². The van der Waals surface area contributed by atoms with Gasteiger partial charge in [-0.1, -0.05) is 31.2 Å². The Kier molecular flexibility index (Phi) is 4.62. The minimum Gasteiger partial charge on any atom is -0.337 e. The number of urea groups is 1. The van der Waals surface area contributed by atoms with E-state index in [0.29, 0.717) is 25.6 Å². The lowest BCUT2D eigenvalue weighted by Gasteiger charge is -2.23. The van der Waals surface area contributed by atoms with Crippen LogP contribution in [-0.4, -0.2) is 50.5 Å². The summed E-state index contributed by atoms with van der Waals surface area (Å²) in [5.41, 5.74) is 2.71. The number of aryl methyl sites for hydroxylation is 1. The Bertz CT molecular complexity index is 687. The highest BCUT2D eigenvalue weighted by Crippen LogP contribution is 2.32. The van der Waals surface area contributed by atoms with Crippen LogP contribution >= 0.6 is 0 Å². The van der Waals surface area contributed by atoms with Gasteiger partial charge in [-0.15, -0.1) is 0 Å². The van der Waals surface area contributed by atoms with Crippen molar-refractivity contribution in [1.82, 2.24) is 10.2 Å². The molecule has 1 heterocycles. The van der Waals surface area contributed by atoms with Gasteiger partial charge in [-0.2, -0.15) is 0 Å². The molecule has 2 atom stereocenters. The number of carbonyl (C=O) groups is 1. The van der Waals surface area contributed by atoms with Crippen LogP contribution in [0.5, 0.6) is 0 Å². The standard InChI is InChI=1S/C17H24N2O3S/c1-13-11-19(8-9-23(21,22)12-13)17(20)18-10-15-7-6-14-4-2-3-5-16(14)15/h2-5,13,15H,6-12H2,1H3,(H,18,20). The zero-order valence-electron chi connectivity index (χ0n) is 13.5. The van der Waals surface area contributed by atoms with Crippen molar-refractivity contribution in [2.45, 2.75) is 25.7 Å². The summed E-state index contributed by atoms with van der Waals surface area (Å²) in [5, 5.41) is 3.00. The van der Waals surface area contributed by atoms with Gasteiger partial charge in [0.25, 0.3) is 0 Å².